The minimum absolute atomic E-state index is 0.537. The second-order valence-electron chi connectivity index (χ2n) is 4.28. The first-order chi connectivity index (χ1) is 9.65. The zero-order valence-electron chi connectivity index (χ0n) is 10.6. The van der Waals surface area contributed by atoms with Crippen LogP contribution in [0.3, 0.4) is 0 Å². The highest BCUT2D eigenvalue weighted by Gasteiger charge is 2.14. The van der Waals surface area contributed by atoms with Gasteiger partial charge < -0.3 is 0 Å². The Morgan fingerprint density at radius 2 is 1.70 bits per heavy atom. The maximum atomic E-state index is 6.10. The molecule has 0 aliphatic heterocycles. The van der Waals surface area contributed by atoms with E-state index in [1.165, 1.54) is 0 Å². The second kappa shape index (κ2) is 5.52. The topological polar surface area (TPSA) is 25.8 Å². The van der Waals surface area contributed by atoms with Crippen LogP contribution < -0.4 is 0 Å². The molecular weight excluding hydrogens is 311 g/mol. The fourth-order valence-electron chi connectivity index (χ4n) is 1.97. The Balaban J connectivity index is 2.17. The van der Waals surface area contributed by atoms with Crippen molar-refractivity contribution >= 4 is 34.5 Å². The van der Waals surface area contributed by atoms with E-state index in [2.05, 4.69) is 9.97 Å². The van der Waals surface area contributed by atoms with E-state index in [0.717, 1.165) is 26.7 Å². The summed E-state index contributed by atoms with van der Waals surface area (Å²) in [6.07, 6.45) is 3.56. The number of nitrogens with zero attached hydrogens (tertiary/aromatic N) is 2. The molecule has 0 radical (unpaired) electrons. The van der Waals surface area contributed by atoms with E-state index in [1.807, 2.05) is 31.2 Å². The zero-order valence-corrected chi connectivity index (χ0v) is 12.9. The monoisotopic (exact) mass is 320 g/mol. The van der Waals surface area contributed by atoms with Gasteiger partial charge in [0.1, 0.15) is 0 Å². The van der Waals surface area contributed by atoms with E-state index in [1.54, 1.807) is 29.8 Å². The Labute approximate surface area is 131 Å². The van der Waals surface area contributed by atoms with Crippen LogP contribution in [-0.4, -0.2) is 9.97 Å². The average molecular weight is 321 g/mol. The molecule has 0 aliphatic carbocycles. The quantitative estimate of drug-likeness (QED) is 0.624. The number of halogens is 2. The summed E-state index contributed by atoms with van der Waals surface area (Å²) < 4.78 is 0. The van der Waals surface area contributed by atoms with Crippen molar-refractivity contribution in [2.24, 2.45) is 0 Å². The lowest BCUT2D eigenvalue weighted by atomic mass is 10.1. The van der Waals surface area contributed by atoms with Gasteiger partial charge in [-0.25, -0.2) is 4.98 Å². The SMILES string of the molecule is Cc1nc(-c2ccc(Cl)c(Cl)c2)c(-c2ccncc2)s1. The smallest absolute Gasteiger partial charge is 0.0908 e. The van der Waals surface area contributed by atoms with Crippen LogP contribution in [0, 0.1) is 6.92 Å². The van der Waals surface area contributed by atoms with Crippen LogP contribution in [0.1, 0.15) is 5.01 Å². The third-order valence-electron chi connectivity index (χ3n) is 2.87. The Kier molecular flexibility index (Phi) is 3.74. The Morgan fingerprint density at radius 1 is 0.950 bits per heavy atom. The van der Waals surface area contributed by atoms with Gasteiger partial charge in [0.15, 0.2) is 0 Å². The normalized spacial score (nSPS) is 10.8. The Morgan fingerprint density at radius 3 is 2.40 bits per heavy atom. The Hall–Kier alpha value is -1.42. The fraction of sp³-hybridized carbons (Fsp3) is 0.0667. The summed E-state index contributed by atoms with van der Waals surface area (Å²) in [5.41, 5.74) is 3.00. The van der Waals surface area contributed by atoms with Gasteiger partial charge in [0.05, 0.1) is 25.6 Å². The molecule has 2 aromatic heterocycles. The molecule has 0 bridgehead atoms. The molecule has 0 spiro atoms. The van der Waals surface area contributed by atoms with Crippen molar-refractivity contribution in [2.75, 3.05) is 0 Å². The summed E-state index contributed by atoms with van der Waals surface area (Å²) in [6, 6.07) is 9.54. The van der Waals surface area contributed by atoms with Gasteiger partial charge in [-0.3, -0.25) is 4.98 Å². The maximum Gasteiger partial charge on any atom is 0.0908 e. The molecule has 20 heavy (non-hydrogen) atoms. The minimum Gasteiger partial charge on any atom is -0.265 e. The summed E-state index contributed by atoms with van der Waals surface area (Å²) in [6.45, 7) is 2.00. The minimum atomic E-state index is 0.537. The highest BCUT2D eigenvalue weighted by molar-refractivity contribution is 7.15. The largest absolute Gasteiger partial charge is 0.265 e. The molecule has 100 valence electrons. The molecule has 0 unspecified atom stereocenters. The number of benzene rings is 1. The molecular formula is C15H10Cl2N2S. The fourth-order valence-corrected chi connectivity index (χ4v) is 3.21. The number of pyridine rings is 1. The lowest BCUT2D eigenvalue weighted by molar-refractivity contribution is 1.29. The lowest BCUT2D eigenvalue weighted by Crippen LogP contribution is -1.83. The van der Waals surface area contributed by atoms with E-state index in [0.29, 0.717) is 10.0 Å². The summed E-state index contributed by atoms with van der Waals surface area (Å²) in [4.78, 5) is 9.79. The summed E-state index contributed by atoms with van der Waals surface area (Å²) in [7, 11) is 0. The maximum absolute atomic E-state index is 6.10. The van der Waals surface area contributed by atoms with Crippen molar-refractivity contribution in [3.8, 4) is 21.7 Å². The van der Waals surface area contributed by atoms with Crippen molar-refractivity contribution in [2.45, 2.75) is 6.92 Å². The van der Waals surface area contributed by atoms with E-state index in [9.17, 15) is 0 Å². The van der Waals surface area contributed by atoms with Gasteiger partial charge in [0.25, 0.3) is 0 Å². The number of hydrogen-bond donors (Lipinski definition) is 0. The van der Waals surface area contributed by atoms with Gasteiger partial charge in [0, 0.05) is 18.0 Å². The van der Waals surface area contributed by atoms with Crippen LogP contribution in [0.4, 0.5) is 0 Å². The molecule has 0 aliphatic rings. The van der Waals surface area contributed by atoms with E-state index < -0.39 is 0 Å². The van der Waals surface area contributed by atoms with E-state index in [4.69, 9.17) is 23.2 Å². The van der Waals surface area contributed by atoms with Gasteiger partial charge in [0.2, 0.25) is 0 Å². The first-order valence-electron chi connectivity index (χ1n) is 5.98. The third-order valence-corrected chi connectivity index (χ3v) is 4.63. The van der Waals surface area contributed by atoms with Crippen molar-refractivity contribution in [1.29, 1.82) is 0 Å². The van der Waals surface area contributed by atoms with Crippen molar-refractivity contribution in [1.82, 2.24) is 9.97 Å². The number of thiazole rings is 1. The van der Waals surface area contributed by atoms with Crippen molar-refractivity contribution in [3.05, 3.63) is 57.8 Å². The molecule has 3 rings (SSSR count). The molecule has 0 fully saturated rings. The van der Waals surface area contributed by atoms with Crippen molar-refractivity contribution < 1.29 is 0 Å². The summed E-state index contributed by atoms with van der Waals surface area (Å²) >= 11 is 13.7. The van der Waals surface area contributed by atoms with Crippen LogP contribution in [0.2, 0.25) is 10.0 Å². The molecule has 1 aromatic carbocycles. The van der Waals surface area contributed by atoms with E-state index in [-0.39, 0.29) is 0 Å². The number of hydrogen-bond acceptors (Lipinski definition) is 3. The van der Waals surface area contributed by atoms with Gasteiger partial charge in [-0.15, -0.1) is 11.3 Å². The van der Waals surface area contributed by atoms with Crippen LogP contribution in [0.5, 0.6) is 0 Å². The van der Waals surface area contributed by atoms with Gasteiger partial charge >= 0.3 is 0 Å². The second-order valence-corrected chi connectivity index (χ2v) is 6.29. The van der Waals surface area contributed by atoms with Crippen LogP contribution >= 0.6 is 34.5 Å². The molecule has 0 N–H and O–H groups in total. The summed E-state index contributed by atoms with van der Waals surface area (Å²) in [5, 5.41) is 2.10. The van der Waals surface area contributed by atoms with Crippen molar-refractivity contribution in [3.63, 3.8) is 0 Å². The average Bonchev–Trinajstić information content (AvgIpc) is 2.85. The molecule has 0 atom stereocenters. The third kappa shape index (κ3) is 2.57. The molecule has 3 aromatic rings. The Bertz CT molecular complexity index is 754. The zero-order chi connectivity index (χ0) is 14.1. The van der Waals surface area contributed by atoms with Crippen LogP contribution in [-0.2, 0) is 0 Å². The molecule has 0 amide bonds. The highest BCUT2D eigenvalue weighted by atomic mass is 35.5. The van der Waals surface area contributed by atoms with Gasteiger partial charge in [-0.05, 0) is 36.8 Å². The van der Waals surface area contributed by atoms with Gasteiger partial charge in [-0.2, -0.15) is 0 Å². The highest BCUT2D eigenvalue weighted by Crippen LogP contribution is 2.38. The molecule has 2 nitrogen and oxygen atoms in total. The molecule has 0 saturated heterocycles. The van der Waals surface area contributed by atoms with E-state index >= 15 is 0 Å². The predicted octanol–water partition coefficient (Wildman–Crippen LogP) is 5.49. The predicted molar refractivity (Wildman–Crippen MR) is 85.5 cm³/mol. The molecule has 5 heteroatoms. The standard InChI is InChI=1S/C15H10Cl2N2S/c1-9-19-14(11-2-3-12(16)13(17)8-11)15(20-9)10-4-6-18-7-5-10/h2-8H,1H3. The number of aryl methyl sites for hydroxylation is 1. The first-order valence-corrected chi connectivity index (χ1v) is 7.55. The van der Waals surface area contributed by atoms with Crippen LogP contribution in [0.25, 0.3) is 21.7 Å². The van der Waals surface area contributed by atoms with Crippen LogP contribution in [0.15, 0.2) is 42.7 Å². The number of aromatic nitrogens is 2. The first kappa shape index (κ1) is 13.6. The molecule has 2 heterocycles. The lowest BCUT2D eigenvalue weighted by Gasteiger charge is -2.04. The van der Waals surface area contributed by atoms with Gasteiger partial charge in [-0.1, -0.05) is 29.3 Å². The summed E-state index contributed by atoms with van der Waals surface area (Å²) in [5.74, 6) is 0. The molecule has 0 saturated carbocycles. The number of rotatable bonds is 2.